The molecule has 0 fully saturated rings. The zero-order valence-electron chi connectivity index (χ0n) is 9.66. The topological polar surface area (TPSA) is 0 Å². The van der Waals surface area contributed by atoms with Crippen LogP contribution in [0, 0.1) is 18.6 Å². The van der Waals surface area contributed by atoms with Gasteiger partial charge in [0.05, 0.1) is 11.1 Å². The van der Waals surface area contributed by atoms with E-state index in [2.05, 4.69) is 0 Å². The zero-order valence-corrected chi connectivity index (χ0v) is 9.66. The molecule has 0 amide bonds. The predicted molar refractivity (Wildman–Crippen MR) is 46.1 cm³/mol. The third-order valence-corrected chi connectivity index (χ3v) is 2.48. The molecular formula is C10H3F11. The van der Waals surface area contributed by atoms with Crippen molar-refractivity contribution in [3.05, 3.63) is 33.9 Å². The number of rotatable bonds is 0. The second-order valence-electron chi connectivity index (χ2n) is 3.87. The molecule has 1 aromatic rings. The maximum atomic E-state index is 13.3. The largest absolute Gasteiger partial charge is 0.422 e. The van der Waals surface area contributed by atoms with E-state index >= 15 is 0 Å². The molecule has 120 valence electrons. The maximum Gasteiger partial charge on any atom is 0.422 e. The molecule has 0 N–H and O–H groups in total. The Morgan fingerprint density at radius 3 is 0.952 bits per heavy atom. The average molecular weight is 332 g/mol. The number of alkyl halides is 9. The molecule has 0 bridgehead atoms. The molecule has 21 heavy (non-hydrogen) atoms. The summed E-state index contributed by atoms with van der Waals surface area (Å²) in [4.78, 5) is 0. The third kappa shape index (κ3) is 3.05. The van der Waals surface area contributed by atoms with Crippen LogP contribution in [0.1, 0.15) is 22.3 Å². The fourth-order valence-corrected chi connectivity index (χ4v) is 1.72. The molecule has 0 unspecified atom stereocenters. The fourth-order valence-electron chi connectivity index (χ4n) is 1.72. The van der Waals surface area contributed by atoms with Crippen molar-refractivity contribution in [1.29, 1.82) is 0 Å². The van der Waals surface area contributed by atoms with Crippen LogP contribution in [0.2, 0.25) is 0 Å². The van der Waals surface area contributed by atoms with Crippen molar-refractivity contribution in [3.8, 4) is 0 Å². The number of hydrogen-bond donors (Lipinski definition) is 0. The van der Waals surface area contributed by atoms with Gasteiger partial charge in [-0.15, -0.1) is 0 Å². The summed E-state index contributed by atoms with van der Waals surface area (Å²) in [6, 6.07) is 0. The molecule has 11 heteroatoms. The van der Waals surface area contributed by atoms with E-state index in [9.17, 15) is 48.3 Å². The van der Waals surface area contributed by atoms with Crippen LogP contribution in [-0.4, -0.2) is 0 Å². The van der Waals surface area contributed by atoms with Crippen LogP contribution in [0.25, 0.3) is 0 Å². The molecule has 1 aromatic carbocycles. The van der Waals surface area contributed by atoms with Gasteiger partial charge in [-0.2, -0.15) is 39.5 Å². The van der Waals surface area contributed by atoms with Crippen LogP contribution in [0.5, 0.6) is 0 Å². The van der Waals surface area contributed by atoms with Gasteiger partial charge in [0.2, 0.25) is 0 Å². The summed E-state index contributed by atoms with van der Waals surface area (Å²) >= 11 is 0. The van der Waals surface area contributed by atoms with E-state index in [4.69, 9.17) is 0 Å². The van der Waals surface area contributed by atoms with Gasteiger partial charge in [0, 0.05) is 0 Å². The first-order valence-electron chi connectivity index (χ1n) is 4.83. The van der Waals surface area contributed by atoms with Crippen molar-refractivity contribution >= 4 is 0 Å². The van der Waals surface area contributed by atoms with E-state index in [-0.39, 0.29) is 6.92 Å². The first-order chi connectivity index (χ1) is 9.10. The predicted octanol–water partition coefficient (Wildman–Crippen LogP) is 5.33. The third-order valence-electron chi connectivity index (χ3n) is 2.48. The summed E-state index contributed by atoms with van der Waals surface area (Å²) in [7, 11) is 0. The minimum Gasteiger partial charge on any atom is -0.206 e. The van der Waals surface area contributed by atoms with E-state index < -0.39 is 52.4 Å². The van der Waals surface area contributed by atoms with Gasteiger partial charge in [0.25, 0.3) is 0 Å². The minimum absolute atomic E-state index is 0.0396. The van der Waals surface area contributed by atoms with Gasteiger partial charge in [-0.25, -0.2) is 8.78 Å². The van der Waals surface area contributed by atoms with E-state index in [0.717, 1.165) is 0 Å². The van der Waals surface area contributed by atoms with Gasteiger partial charge < -0.3 is 0 Å². The summed E-state index contributed by atoms with van der Waals surface area (Å²) in [5, 5.41) is 0. The summed E-state index contributed by atoms with van der Waals surface area (Å²) in [6.45, 7) is 0.0396. The van der Waals surface area contributed by atoms with E-state index in [0.29, 0.717) is 0 Å². The molecule has 0 aliphatic rings. The van der Waals surface area contributed by atoms with Crippen LogP contribution in [0.3, 0.4) is 0 Å². The van der Waals surface area contributed by atoms with Crippen molar-refractivity contribution in [2.45, 2.75) is 25.5 Å². The molecule has 1 rings (SSSR count). The Morgan fingerprint density at radius 1 is 0.524 bits per heavy atom. The van der Waals surface area contributed by atoms with Gasteiger partial charge in [-0.05, 0) is 12.5 Å². The highest BCUT2D eigenvalue weighted by atomic mass is 19.4. The van der Waals surface area contributed by atoms with Gasteiger partial charge in [0.1, 0.15) is 5.56 Å². The molecule has 0 spiro atoms. The Morgan fingerprint density at radius 2 is 0.762 bits per heavy atom. The standard InChI is InChI=1S/C10H3F11/c1-2-3(8(13,14)15)6(11)5(10(19,20)21)7(12)4(2)9(16,17)18/h1H3. The SMILES string of the molecule is Cc1c(C(F)(F)F)c(F)c(C(F)(F)F)c(F)c1C(F)(F)F. The van der Waals surface area contributed by atoms with E-state index in [1.165, 1.54) is 0 Å². The summed E-state index contributed by atoms with van der Waals surface area (Å²) < 4.78 is 139. The fraction of sp³-hybridized carbons (Fsp3) is 0.400. The second-order valence-corrected chi connectivity index (χ2v) is 3.87. The van der Waals surface area contributed by atoms with Crippen LogP contribution in [-0.2, 0) is 18.5 Å². The van der Waals surface area contributed by atoms with Crippen molar-refractivity contribution < 1.29 is 48.3 Å². The van der Waals surface area contributed by atoms with Gasteiger partial charge in [-0.3, -0.25) is 0 Å². The monoisotopic (exact) mass is 332 g/mol. The lowest BCUT2D eigenvalue weighted by atomic mass is 9.95. The summed E-state index contributed by atoms with van der Waals surface area (Å²) in [6.07, 6.45) is -17.8. The Hall–Kier alpha value is -1.55. The molecule has 0 aliphatic carbocycles. The smallest absolute Gasteiger partial charge is 0.206 e. The molecule has 0 radical (unpaired) electrons. The molecule has 0 aliphatic heterocycles. The normalized spacial score (nSPS) is 13.7. The molecule has 0 nitrogen and oxygen atoms in total. The highest BCUT2D eigenvalue weighted by Gasteiger charge is 2.50. The number of halogens is 11. The Balaban J connectivity index is 4.04. The van der Waals surface area contributed by atoms with Crippen molar-refractivity contribution in [2.24, 2.45) is 0 Å². The first kappa shape index (κ1) is 17.5. The first-order valence-corrected chi connectivity index (χ1v) is 4.83. The highest BCUT2D eigenvalue weighted by Crippen LogP contribution is 2.46. The minimum atomic E-state index is -6.07. The molecule has 0 saturated carbocycles. The van der Waals surface area contributed by atoms with Crippen LogP contribution >= 0.6 is 0 Å². The Kier molecular flexibility index (Phi) is 3.95. The summed E-state index contributed by atoms with van der Waals surface area (Å²) in [5.41, 5.74) is -10.8. The number of benzene rings is 1. The van der Waals surface area contributed by atoms with Crippen molar-refractivity contribution in [3.63, 3.8) is 0 Å². The Labute approximate surface area is 109 Å². The van der Waals surface area contributed by atoms with Crippen molar-refractivity contribution in [1.82, 2.24) is 0 Å². The average Bonchev–Trinajstić information content (AvgIpc) is 2.07. The highest BCUT2D eigenvalue weighted by molar-refractivity contribution is 5.45. The maximum absolute atomic E-state index is 13.3. The Bertz CT molecular complexity index is 456. The lowest BCUT2D eigenvalue weighted by molar-refractivity contribution is -0.156. The molecule has 0 heterocycles. The molecule has 0 saturated heterocycles. The second kappa shape index (κ2) is 4.73. The van der Waals surface area contributed by atoms with E-state index in [1.54, 1.807) is 0 Å². The van der Waals surface area contributed by atoms with Crippen LogP contribution in [0.4, 0.5) is 48.3 Å². The van der Waals surface area contributed by atoms with Gasteiger partial charge in [-0.1, -0.05) is 0 Å². The van der Waals surface area contributed by atoms with E-state index in [1.807, 2.05) is 0 Å². The zero-order chi connectivity index (χ0) is 17.0. The molecular weight excluding hydrogens is 329 g/mol. The molecule has 0 atom stereocenters. The number of hydrogen-bond acceptors (Lipinski definition) is 0. The van der Waals surface area contributed by atoms with Crippen molar-refractivity contribution in [2.75, 3.05) is 0 Å². The molecule has 0 aromatic heterocycles. The van der Waals surface area contributed by atoms with Gasteiger partial charge >= 0.3 is 18.5 Å². The lowest BCUT2D eigenvalue weighted by Gasteiger charge is -2.21. The van der Waals surface area contributed by atoms with Gasteiger partial charge in [0.15, 0.2) is 11.6 Å². The lowest BCUT2D eigenvalue weighted by Crippen LogP contribution is -2.24. The van der Waals surface area contributed by atoms with Crippen LogP contribution < -0.4 is 0 Å². The van der Waals surface area contributed by atoms with Crippen LogP contribution in [0.15, 0.2) is 0 Å². The summed E-state index contributed by atoms with van der Waals surface area (Å²) in [5.74, 6) is -6.25. The quantitative estimate of drug-likeness (QED) is 0.563.